The van der Waals surface area contributed by atoms with Gasteiger partial charge in [-0.05, 0) is 32.3 Å². The Morgan fingerprint density at radius 2 is 1.58 bits per heavy atom. The van der Waals surface area contributed by atoms with Gasteiger partial charge in [-0.3, -0.25) is 9.59 Å². The molecule has 0 atom stereocenters. The van der Waals surface area contributed by atoms with Gasteiger partial charge in [-0.25, -0.2) is 0 Å². The van der Waals surface area contributed by atoms with Gasteiger partial charge in [-0.15, -0.1) is 0 Å². The van der Waals surface area contributed by atoms with Crippen molar-refractivity contribution in [3.8, 4) is 0 Å². The van der Waals surface area contributed by atoms with E-state index in [4.69, 9.17) is 0 Å². The van der Waals surface area contributed by atoms with Crippen LogP contribution in [0.15, 0.2) is 35.1 Å². The number of carbonyl (C=O) groups is 2. The van der Waals surface area contributed by atoms with Gasteiger partial charge < -0.3 is 19.6 Å². The number of aromatic nitrogens is 1. The number of carbonyl (C=O) groups excluding carboxylic acids is 2. The number of rotatable bonds is 7. The highest BCUT2D eigenvalue weighted by Crippen LogP contribution is 2.36. The van der Waals surface area contributed by atoms with E-state index in [0.29, 0.717) is 12.1 Å². The fourth-order valence-electron chi connectivity index (χ4n) is 2.47. The molecule has 1 N–H and O–H groups in total. The first kappa shape index (κ1) is 24.2. The number of hydrogen-bond acceptors (Lipinski definition) is 5. The van der Waals surface area contributed by atoms with Gasteiger partial charge >= 0.3 is 12.4 Å². The van der Waals surface area contributed by atoms with Crippen LogP contribution in [0.3, 0.4) is 0 Å². The predicted molar refractivity (Wildman–Crippen MR) is 96.0 cm³/mol. The van der Waals surface area contributed by atoms with Crippen LogP contribution in [0.1, 0.15) is 21.5 Å². The van der Waals surface area contributed by atoms with Gasteiger partial charge in [0.25, 0.3) is 5.91 Å². The lowest BCUT2D eigenvalue weighted by atomic mass is 10.0. The van der Waals surface area contributed by atoms with Gasteiger partial charge in [0.1, 0.15) is 12.8 Å². The third-order valence-electron chi connectivity index (χ3n) is 3.98. The van der Waals surface area contributed by atoms with Crippen LogP contribution in [-0.2, 0) is 17.1 Å². The summed E-state index contributed by atoms with van der Waals surface area (Å²) in [5, 5.41) is 5.76. The van der Waals surface area contributed by atoms with Crippen molar-refractivity contribution in [1.29, 1.82) is 0 Å². The summed E-state index contributed by atoms with van der Waals surface area (Å²) >= 11 is 0. The molecule has 1 heterocycles. The van der Waals surface area contributed by atoms with E-state index in [2.05, 4.69) is 15.0 Å². The quantitative estimate of drug-likeness (QED) is 0.652. The summed E-state index contributed by atoms with van der Waals surface area (Å²) in [6.45, 7) is -0.555. The normalized spacial score (nSPS) is 12.2. The Labute approximate surface area is 172 Å². The van der Waals surface area contributed by atoms with Crippen molar-refractivity contribution in [2.45, 2.75) is 12.4 Å². The number of amides is 2. The van der Waals surface area contributed by atoms with Crippen molar-refractivity contribution in [1.82, 2.24) is 15.0 Å². The summed E-state index contributed by atoms with van der Waals surface area (Å²) in [7, 11) is 3.29. The van der Waals surface area contributed by atoms with Gasteiger partial charge in [0.2, 0.25) is 5.91 Å². The molecule has 0 aliphatic rings. The zero-order valence-corrected chi connectivity index (χ0v) is 16.3. The standard InChI is InChI=1S/C18H18F6N4O3/c1-27(2)4-5-28(10-15(29)25-14-3-6-31-26-14)16(30)11-7-12(17(19,20)21)9-13(8-11)18(22,23)24/h3,6-9H,4-5,10H2,1-2H3,(H,25,26,29). The van der Waals surface area contributed by atoms with Crippen LogP contribution in [0.5, 0.6) is 0 Å². The van der Waals surface area contributed by atoms with E-state index in [0.717, 1.165) is 4.90 Å². The third kappa shape index (κ3) is 6.98. The molecule has 31 heavy (non-hydrogen) atoms. The Bertz CT molecular complexity index is 878. The van der Waals surface area contributed by atoms with Crippen LogP contribution < -0.4 is 5.32 Å². The van der Waals surface area contributed by atoms with Gasteiger partial charge in [0.05, 0.1) is 11.1 Å². The lowest BCUT2D eigenvalue weighted by Gasteiger charge is -2.24. The first-order valence-electron chi connectivity index (χ1n) is 8.71. The molecule has 0 aliphatic carbocycles. The maximum Gasteiger partial charge on any atom is 0.416 e. The molecule has 2 aromatic rings. The smallest absolute Gasteiger partial charge is 0.363 e. The molecule has 1 aromatic heterocycles. The Kier molecular flexibility index (Phi) is 7.31. The molecule has 0 aliphatic heterocycles. The molecule has 0 fully saturated rings. The number of nitrogens with one attached hydrogen (secondary N) is 1. The first-order chi connectivity index (χ1) is 14.3. The average Bonchev–Trinajstić information content (AvgIpc) is 3.15. The molecule has 2 rings (SSSR count). The van der Waals surface area contributed by atoms with Gasteiger partial charge in [-0.2, -0.15) is 26.3 Å². The minimum atomic E-state index is -5.10. The molecule has 7 nitrogen and oxygen atoms in total. The number of hydrogen-bond donors (Lipinski definition) is 1. The molecule has 13 heteroatoms. The molecule has 1 aromatic carbocycles. The number of anilines is 1. The molecule has 0 spiro atoms. The topological polar surface area (TPSA) is 78.7 Å². The minimum Gasteiger partial charge on any atom is -0.363 e. The third-order valence-corrected chi connectivity index (χ3v) is 3.98. The summed E-state index contributed by atoms with van der Waals surface area (Å²) in [5.74, 6) is -1.89. The van der Waals surface area contributed by atoms with Gasteiger partial charge in [-0.1, -0.05) is 5.16 Å². The van der Waals surface area contributed by atoms with Crippen LogP contribution >= 0.6 is 0 Å². The molecule has 170 valence electrons. The van der Waals surface area contributed by atoms with E-state index < -0.39 is 47.4 Å². The molecular formula is C18H18F6N4O3. The Morgan fingerprint density at radius 3 is 2.03 bits per heavy atom. The minimum absolute atomic E-state index is 0.0310. The molecule has 0 radical (unpaired) electrons. The number of benzene rings is 1. The zero-order chi connectivity index (χ0) is 23.4. The number of likely N-dealkylation sites (N-methyl/N-ethyl adjacent to an activating group) is 1. The Hall–Kier alpha value is -3.09. The van der Waals surface area contributed by atoms with Crippen LogP contribution in [-0.4, -0.2) is 60.5 Å². The second kappa shape index (κ2) is 9.37. The van der Waals surface area contributed by atoms with Crippen LogP contribution in [0.4, 0.5) is 32.2 Å². The summed E-state index contributed by atoms with van der Waals surface area (Å²) in [4.78, 5) is 27.5. The van der Waals surface area contributed by atoms with Crippen molar-refractivity contribution in [2.24, 2.45) is 0 Å². The highest BCUT2D eigenvalue weighted by Gasteiger charge is 2.38. The molecule has 0 unspecified atom stereocenters. The van der Waals surface area contributed by atoms with Crippen molar-refractivity contribution in [3.63, 3.8) is 0 Å². The number of alkyl halides is 6. The van der Waals surface area contributed by atoms with Crippen molar-refractivity contribution in [3.05, 3.63) is 47.2 Å². The zero-order valence-electron chi connectivity index (χ0n) is 16.3. The van der Waals surface area contributed by atoms with Crippen molar-refractivity contribution in [2.75, 3.05) is 39.0 Å². The maximum absolute atomic E-state index is 13.1. The molecule has 0 saturated carbocycles. The summed E-state index contributed by atoms with van der Waals surface area (Å²) < 4.78 is 83.1. The van der Waals surface area contributed by atoms with E-state index >= 15 is 0 Å². The van der Waals surface area contributed by atoms with Crippen LogP contribution in [0.2, 0.25) is 0 Å². The van der Waals surface area contributed by atoms with Crippen molar-refractivity contribution < 1.29 is 40.5 Å². The predicted octanol–water partition coefficient (Wildman–Crippen LogP) is 3.35. The molecule has 2 amide bonds. The number of halogens is 6. The second-order valence-corrected chi connectivity index (χ2v) is 6.76. The maximum atomic E-state index is 13.1. The van der Waals surface area contributed by atoms with E-state index in [9.17, 15) is 35.9 Å². The Morgan fingerprint density at radius 1 is 1.00 bits per heavy atom. The van der Waals surface area contributed by atoms with E-state index in [1.54, 1.807) is 19.0 Å². The highest BCUT2D eigenvalue weighted by molar-refractivity contribution is 5.99. The lowest BCUT2D eigenvalue weighted by Crippen LogP contribution is -2.41. The monoisotopic (exact) mass is 452 g/mol. The van der Waals surface area contributed by atoms with Crippen LogP contribution in [0, 0.1) is 0 Å². The molecule has 0 saturated heterocycles. The molecule has 0 bridgehead atoms. The summed E-state index contributed by atoms with van der Waals surface area (Å²) in [6, 6.07) is 1.90. The average molecular weight is 452 g/mol. The lowest BCUT2D eigenvalue weighted by molar-refractivity contribution is -0.143. The summed E-state index contributed by atoms with van der Waals surface area (Å²) in [5.41, 5.74) is -4.08. The van der Waals surface area contributed by atoms with E-state index in [-0.39, 0.29) is 25.0 Å². The van der Waals surface area contributed by atoms with Gasteiger partial charge in [0.15, 0.2) is 5.82 Å². The largest absolute Gasteiger partial charge is 0.416 e. The van der Waals surface area contributed by atoms with Crippen molar-refractivity contribution >= 4 is 17.6 Å². The Balaban J connectivity index is 2.36. The summed E-state index contributed by atoms with van der Waals surface area (Å²) in [6.07, 6.45) is -9.03. The number of nitrogens with zero attached hydrogens (tertiary/aromatic N) is 3. The SMILES string of the molecule is CN(C)CCN(CC(=O)Nc1ccon1)C(=O)c1cc(C(F)(F)F)cc(C(F)(F)F)c1. The first-order valence-corrected chi connectivity index (χ1v) is 8.71. The molecular weight excluding hydrogens is 434 g/mol. The van der Waals surface area contributed by atoms with E-state index in [1.807, 2.05) is 0 Å². The fraction of sp³-hybridized carbons (Fsp3) is 0.389. The van der Waals surface area contributed by atoms with Gasteiger partial charge in [0, 0.05) is 24.7 Å². The second-order valence-electron chi connectivity index (χ2n) is 6.76. The highest BCUT2D eigenvalue weighted by atomic mass is 19.4. The van der Waals surface area contributed by atoms with E-state index in [1.165, 1.54) is 12.3 Å². The van der Waals surface area contributed by atoms with Crippen LogP contribution in [0.25, 0.3) is 0 Å². The fourth-order valence-corrected chi connectivity index (χ4v) is 2.47.